The maximum Gasteiger partial charge on any atom is 0.340 e. The Hall–Kier alpha value is -2.76. The molecule has 2 rings (SSSR count). The standard InChI is InChI=1S/C14H9F2NO3/c15-10-3-7(1-2-8(10)6-18)9-4-11(16)13(14(19)20)12(17)5-9/h1-6H,17H2,(H,19,20). The number of hydrogen-bond donors (Lipinski definition) is 2. The topological polar surface area (TPSA) is 80.4 Å². The van der Waals surface area contributed by atoms with E-state index in [0.29, 0.717) is 6.29 Å². The molecule has 6 heteroatoms. The largest absolute Gasteiger partial charge is 0.478 e. The SMILES string of the molecule is Nc1cc(-c2ccc(C=O)c(F)c2)cc(F)c1C(=O)O. The van der Waals surface area contributed by atoms with Crippen LogP contribution >= 0.6 is 0 Å². The summed E-state index contributed by atoms with van der Waals surface area (Å²) >= 11 is 0. The van der Waals surface area contributed by atoms with Crippen molar-refractivity contribution >= 4 is 17.9 Å². The molecule has 20 heavy (non-hydrogen) atoms. The van der Waals surface area contributed by atoms with Crippen LogP contribution in [0.2, 0.25) is 0 Å². The molecule has 0 aliphatic heterocycles. The maximum atomic E-state index is 13.7. The van der Waals surface area contributed by atoms with Gasteiger partial charge in [-0.05, 0) is 35.4 Å². The second kappa shape index (κ2) is 5.08. The van der Waals surface area contributed by atoms with Gasteiger partial charge in [0.2, 0.25) is 0 Å². The Kier molecular flexibility index (Phi) is 3.47. The lowest BCUT2D eigenvalue weighted by Gasteiger charge is -2.08. The zero-order chi connectivity index (χ0) is 14.9. The number of anilines is 1. The van der Waals surface area contributed by atoms with E-state index in [4.69, 9.17) is 10.8 Å². The van der Waals surface area contributed by atoms with Crippen LogP contribution in [-0.2, 0) is 0 Å². The van der Waals surface area contributed by atoms with Gasteiger partial charge in [0.15, 0.2) is 6.29 Å². The number of carboxylic acid groups (broad SMARTS) is 1. The highest BCUT2D eigenvalue weighted by atomic mass is 19.1. The lowest BCUT2D eigenvalue weighted by atomic mass is 10.0. The Bertz CT molecular complexity index is 691. The molecule has 2 aromatic rings. The van der Waals surface area contributed by atoms with E-state index in [1.165, 1.54) is 18.2 Å². The second-order valence-electron chi connectivity index (χ2n) is 4.08. The minimum absolute atomic E-state index is 0.121. The zero-order valence-electron chi connectivity index (χ0n) is 10.1. The third kappa shape index (κ3) is 2.35. The Morgan fingerprint density at radius 2 is 1.75 bits per heavy atom. The molecule has 0 aliphatic rings. The fourth-order valence-corrected chi connectivity index (χ4v) is 1.82. The number of halogens is 2. The molecular formula is C14H9F2NO3. The summed E-state index contributed by atoms with van der Waals surface area (Å²) in [5, 5.41) is 8.80. The van der Waals surface area contributed by atoms with Crippen molar-refractivity contribution in [3.63, 3.8) is 0 Å². The quantitative estimate of drug-likeness (QED) is 0.667. The van der Waals surface area contributed by atoms with E-state index in [-0.39, 0.29) is 22.4 Å². The van der Waals surface area contributed by atoms with Gasteiger partial charge in [0.05, 0.1) is 5.56 Å². The molecule has 4 nitrogen and oxygen atoms in total. The molecule has 0 saturated carbocycles. The van der Waals surface area contributed by atoms with Gasteiger partial charge in [0.1, 0.15) is 17.2 Å². The summed E-state index contributed by atoms with van der Waals surface area (Å²) in [6, 6.07) is 5.91. The molecule has 0 unspecified atom stereocenters. The summed E-state index contributed by atoms with van der Waals surface area (Å²) in [5.41, 5.74) is 4.99. The van der Waals surface area contributed by atoms with Gasteiger partial charge >= 0.3 is 5.97 Å². The number of carbonyl (C=O) groups is 2. The third-order valence-corrected chi connectivity index (χ3v) is 2.80. The molecule has 0 heterocycles. The van der Waals surface area contributed by atoms with E-state index in [9.17, 15) is 18.4 Å². The summed E-state index contributed by atoms with van der Waals surface area (Å²) in [6.07, 6.45) is 0.363. The van der Waals surface area contributed by atoms with Crippen molar-refractivity contribution in [3.05, 3.63) is 53.1 Å². The summed E-state index contributed by atoms with van der Waals surface area (Å²) in [4.78, 5) is 21.3. The Labute approximate surface area is 112 Å². The highest BCUT2D eigenvalue weighted by Gasteiger charge is 2.16. The van der Waals surface area contributed by atoms with Crippen LogP contribution in [0.15, 0.2) is 30.3 Å². The number of rotatable bonds is 3. The molecular weight excluding hydrogens is 268 g/mol. The monoisotopic (exact) mass is 277 g/mol. The van der Waals surface area contributed by atoms with E-state index >= 15 is 0 Å². The number of aromatic carboxylic acids is 1. The lowest BCUT2D eigenvalue weighted by Crippen LogP contribution is -2.06. The normalized spacial score (nSPS) is 10.3. The number of carboxylic acids is 1. The highest BCUT2D eigenvalue weighted by molar-refractivity contribution is 5.95. The summed E-state index contributed by atoms with van der Waals surface area (Å²) in [7, 11) is 0. The van der Waals surface area contributed by atoms with Gasteiger partial charge in [-0.25, -0.2) is 13.6 Å². The fourth-order valence-electron chi connectivity index (χ4n) is 1.82. The zero-order valence-corrected chi connectivity index (χ0v) is 10.1. The van der Waals surface area contributed by atoms with Crippen LogP contribution in [0.1, 0.15) is 20.7 Å². The molecule has 0 radical (unpaired) electrons. The first-order valence-electron chi connectivity index (χ1n) is 5.51. The molecule has 0 atom stereocenters. The molecule has 102 valence electrons. The van der Waals surface area contributed by atoms with Gasteiger partial charge in [-0.1, -0.05) is 6.07 Å². The van der Waals surface area contributed by atoms with Crippen LogP contribution in [0.25, 0.3) is 11.1 Å². The number of nitrogen functional groups attached to an aromatic ring is 1. The van der Waals surface area contributed by atoms with E-state index in [1.54, 1.807) is 0 Å². The first kappa shape index (κ1) is 13.7. The van der Waals surface area contributed by atoms with Gasteiger partial charge in [-0.3, -0.25) is 4.79 Å². The molecule has 0 bridgehead atoms. The van der Waals surface area contributed by atoms with Gasteiger partial charge in [-0.15, -0.1) is 0 Å². The van der Waals surface area contributed by atoms with Crippen molar-refractivity contribution in [2.45, 2.75) is 0 Å². The number of benzene rings is 2. The van der Waals surface area contributed by atoms with Crippen molar-refractivity contribution in [2.24, 2.45) is 0 Å². The number of carbonyl (C=O) groups excluding carboxylic acids is 1. The minimum Gasteiger partial charge on any atom is -0.478 e. The van der Waals surface area contributed by atoms with Crippen molar-refractivity contribution in [1.29, 1.82) is 0 Å². The van der Waals surface area contributed by atoms with Crippen LogP contribution in [0.5, 0.6) is 0 Å². The van der Waals surface area contributed by atoms with Crippen LogP contribution in [0, 0.1) is 11.6 Å². The van der Waals surface area contributed by atoms with E-state index < -0.39 is 23.2 Å². The molecule has 0 aliphatic carbocycles. The summed E-state index contributed by atoms with van der Waals surface area (Å²) in [6.45, 7) is 0. The highest BCUT2D eigenvalue weighted by Crippen LogP contribution is 2.27. The van der Waals surface area contributed by atoms with Gasteiger partial charge < -0.3 is 10.8 Å². The predicted octanol–water partition coefficient (Wildman–Crippen LogP) is 2.72. The number of aldehydes is 1. The van der Waals surface area contributed by atoms with Crippen molar-refractivity contribution in [3.8, 4) is 11.1 Å². The van der Waals surface area contributed by atoms with Crippen LogP contribution < -0.4 is 5.73 Å². The number of nitrogens with two attached hydrogens (primary N) is 1. The maximum absolute atomic E-state index is 13.7. The Morgan fingerprint density at radius 3 is 2.25 bits per heavy atom. The van der Waals surface area contributed by atoms with Gasteiger partial charge in [0, 0.05) is 5.69 Å². The van der Waals surface area contributed by atoms with E-state index in [2.05, 4.69) is 0 Å². The molecule has 2 aromatic carbocycles. The molecule has 0 amide bonds. The van der Waals surface area contributed by atoms with Crippen molar-refractivity contribution < 1.29 is 23.5 Å². The predicted molar refractivity (Wildman–Crippen MR) is 68.6 cm³/mol. The minimum atomic E-state index is -1.48. The van der Waals surface area contributed by atoms with E-state index in [1.807, 2.05) is 0 Å². The molecule has 0 fully saturated rings. The average molecular weight is 277 g/mol. The van der Waals surface area contributed by atoms with Crippen LogP contribution in [0.3, 0.4) is 0 Å². The summed E-state index contributed by atoms with van der Waals surface area (Å²) < 4.78 is 27.2. The molecule has 3 N–H and O–H groups in total. The third-order valence-electron chi connectivity index (χ3n) is 2.80. The average Bonchev–Trinajstić information content (AvgIpc) is 2.37. The smallest absolute Gasteiger partial charge is 0.340 e. The van der Waals surface area contributed by atoms with Crippen molar-refractivity contribution in [1.82, 2.24) is 0 Å². The molecule has 0 saturated heterocycles. The summed E-state index contributed by atoms with van der Waals surface area (Å²) in [5.74, 6) is -3.24. The lowest BCUT2D eigenvalue weighted by molar-refractivity contribution is 0.0693. The molecule has 0 aromatic heterocycles. The first-order valence-corrected chi connectivity index (χ1v) is 5.51. The molecule has 0 spiro atoms. The Balaban J connectivity index is 2.57. The van der Waals surface area contributed by atoms with Gasteiger partial charge in [-0.2, -0.15) is 0 Å². The number of hydrogen-bond acceptors (Lipinski definition) is 3. The first-order chi connectivity index (χ1) is 9.43. The van der Waals surface area contributed by atoms with Gasteiger partial charge in [0.25, 0.3) is 0 Å². The van der Waals surface area contributed by atoms with Crippen molar-refractivity contribution in [2.75, 3.05) is 5.73 Å². The van der Waals surface area contributed by atoms with Crippen LogP contribution in [0.4, 0.5) is 14.5 Å². The fraction of sp³-hybridized carbons (Fsp3) is 0. The Morgan fingerprint density at radius 1 is 1.10 bits per heavy atom. The second-order valence-corrected chi connectivity index (χ2v) is 4.08. The van der Waals surface area contributed by atoms with Crippen LogP contribution in [-0.4, -0.2) is 17.4 Å². The van der Waals surface area contributed by atoms with E-state index in [0.717, 1.165) is 12.1 Å².